The molecule has 1 aliphatic rings. The molecule has 4 rings (SSSR count). The largest absolute Gasteiger partial charge is 0.507 e. The molecule has 1 saturated heterocycles. The summed E-state index contributed by atoms with van der Waals surface area (Å²) in [6.45, 7) is 8.31. The number of anilines is 1. The number of carbonyl (C=O) groups excluding carboxylic acids is 2. The van der Waals surface area contributed by atoms with E-state index in [1.807, 2.05) is 55.5 Å². The van der Waals surface area contributed by atoms with Crippen molar-refractivity contribution in [2.75, 3.05) is 4.90 Å². The smallest absolute Gasteiger partial charge is 0.300 e. The second kappa shape index (κ2) is 9.41. The Labute approximate surface area is 209 Å². The number of aliphatic hydroxyl groups is 1. The van der Waals surface area contributed by atoms with Crippen LogP contribution in [0, 0.1) is 10.1 Å². The molecule has 1 amide bonds. The Morgan fingerprint density at radius 1 is 0.944 bits per heavy atom. The van der Waals surface area contributed by atoms with Crippen molar-refractivity contribution in [2.24, 2.45) is 0 Å². The van der Waals surface area contributed by atoms with Crippen molar-refractivity contribution >= 4 is 28.8 Å². The molecular weight excluding hydrogens is 456 g/mol. The topological polar surface area (TPSA) is 101 Å². The van der Waals surface area contributed by atoms with E-state index in [0.29, 0.717) is 11.3 Å². The van der Waals surface area contributed by atoms with E-state index in [1.165, 1.54) is 29.2 Å². The lowest BCUT2D eigenvalue weighted by atomic mass is 9.87. The first-order chi connectivity index (χ1) is 17.0. The number of amides is 1. The minimum absolute atomic E-state index is 0.0574. The number of hydrogen-bond donors (Lipinski definition) is 1. The lowest BCUT2D eigenvalue weighted by Crippen LogP contribution is -2.29. The Hall–Kier alpha value is -4.26. The Morgan fingerprint density at radius 3 is 2.03 bits per heavy atom. The van der Waals surface area contributed by atoms with E-state index in [4.69, 9.17) is 0 Å². The summed E-state index contributed by atoms with van der Waals surface area (Å²) in [5, 5.41) is 22.2. The zero-order chi connectivity index (χ0) is 26.2. The molecule has 0 radical (unpaired) electrons. The van der Waals surface area contributed by atoms with E-state index in [-0.39, 0.29) is 28.0 Å². The van der Waals surface area contributed by atoms with Crippen molar-refractivity contribution in [3.8, 4) is 0 Å². The number of carbonyl (C=O) groups is 2. The SMILES string of the molecule is CCc1ccc(C2/C(=C(/O)c3ccc([N+](=O)[O-])cc3)C(=O)C(=O)N2c2ccc(C(C)(C)C)cc2)cc1. The molecule has 0 saturated carbocycles. The summed E-state index contributed by atoms with van der Waals surface area (Å²) in [6.07, 6.45) is 0.831. The van der Waals surface area contributed by atoms with E-state index >= 15 is 0 Å². The van der Waals surface area contributed by atoms with Crippen molar-refractivity contribution < 1.29 is 19.6 Å². The van der Waals surface area contributed by atoms with Gasteiger partial charge in [-0.1, -0.05) is 64.1 Å². The number of nitro benzene ring substituents is 1. The summed E-state index contributed by atoms with van der Waals surface area (Å²) < 4.78 is 0. The first-order valence-electron chi connectivity index (χ1n) is 11.8. The summed E-state index contributed by atoms with van der Waals surface area (Å²) in [6, 6.07) is 19.5. The van der Waals surface area contributed by atoms with Gasteiger partial charge >= 0.3 is 0 Å². The summed E-state index contributed by atoms with van der Waals surface area (Å²) in [5.41, 5.74) is 3.33. The van der Waals surface area contributed by atoms with Gasteiger partial charge in [-0.25, -0.2) is 0 Å². The van der Waals surface area contributed by atoms with Crippen LogP contribution >= 0.6 is 0 Å². The van der Waals surface area contributed by atoms with Crippen LogP contribution in [0.15, 0.2) is 78.4 Å². The standard InChI is InChI=1S/C29H28N2O5/c1-5-18-6-8-19(9-7-18)25-24(26(32)20-10-14-23(15-11-20)31(35)36)27(33)28(34)30(25)22-16-12-21(13-17-22)29(2,3)4/h6-17,25,32H,5H2,1-4H3/b26-24-. The normalized spacial score (nSPS) is 17.4. The summed E-state index contributed by atoms with van der Waals surface area (Å²) in [7, 11) is 0. The number of Topliss-reactive ketones (excluding diaryl/α,β-unsaturated/α-hetero) is 1. The van der Waals surface area contributed by atoms with Crippen molar-refractivity contribution in [1.82, 2.24) is 0 Å². The van der Waals surface area contributed by atoms with Crippen LogP contribution in [0.1, 0.15) is 56.0 Å². The highest BCUT2D eigenvalue weighted by Gasteiger charge is 2.47. The third-order valence-corrected chi connectivity index (χ3v) is 6.51. The third kappa shape index (κ3) is 4.52. The third-order valence-electron chi connectivity index (χ3n) is 6.51. The number of benzene rings is 3. The maximum absolute atomic E-state index is 13.3. The van der Waals surface area contributed by atoms with Gasteiger partial charge in [0, 0.05) is 23.4 Å². The van der Waals surface area contributed by atoms with Gasteiger partial charge in [0.15, 0.2) is 0 Å². The molecule has 0 aliphatic carbocycles. The molecule has 1 atom stereocenters. The summed E-state index contributed by atoms with van der Waals surface area (Å²) in [4.78, 5) is 38.5. The van der Waals surface area contributed by atoms with Crippen LogP contribution in [-0.2, 0) is 21.4 Å². The zero-order valence-corrected chi connectivity index (χ0v) is 20.7. The van der Waals surface area contributed by atoms with Gasteiger partial charge in [0.25, 0.3) is 17.4 Å². The van der Waals surface area contributed by atoms with Gasteiger partial charge in [-0.05, 0) is 52.8 Å². The van der Waals surface area contributed by atoms with Gasteiger partial charge in [0.2, 0.25) is 0 Å². The molecule has 1 N–H and O–H groups in total. The first kappa shape index (κ1) is 24.9. The Kier molecular flexibility index (Phi) is 6.50. The maximum Gasteiger partial charge on any atom is 0.300 e. The van der Waals surface area contributed by atoms with Crippen LogP contribution in [0.25, 0.3) is 5.76 Å². The van der Waals surface area contributed by atoms with Gasteiger partial charge in [0.05, 0.1) is 16.5 Å². The number of rotatable bonds is 5. The average Bonchev–Trinajstić information content (AvgIpc) is 3.13. The molecular formula is C29H28N2O5. The molecule has 0 aromatic heterocycles. The van der Waals surface area contributed by atoms with E-state index in [1.54, 1.807) is 0 Å². The molecule has 7 heteroatoms. The predicted octanol–water partition coefficient (Wildman–Crippen LogP) is 6.08. The lowest BCUT2D eigenvalue weighted by molar-refractivity contribution is -0.384. The number of nitrogens with zero attached hydrogens (tertiary/aromatic N) is 2. The first-order valence-corrected chi connectivity index (χ1v) is 11.8. The monoisotopic (exact) mass is 484 g/mol. The average molecular weight is 485 g/mol. The molecule has 0 bridgehead atoms. The number of nitro groups is 1. The van der Waals surface area contributed by atoms with E-state index < -0.39 is 22.7 Å². The molecule has 1 fully saturated rings. The summed E-state index contributed by atoms with van der Waals surface area (Å²) >= 11 is 0. The predicted molar refractivity (Wildman–Crippen MR) is 139 cm³/mol. The van der Waals surface area contributed by atoms with Crippen molar-refractivity contribution in [3.05, 3.63) is 111 Å². The minimum Gasteiger partial charge on any atom is -0.507 e. The Bertz CT molecular complexity index is 1350. The van der Waals surface area contributed by atoms with E-state index in [2.05, 4.69) is 20.8 Å². The van der Waals surface area contributed by atoms with Crippen LogP contribution < -0.4 is 4.90 Å². The fourth-order valence-corrected chi connectivity index (χ4v) is 4.37. The zero-order valence-electron chi connectivity index (χ0n) is 20.7. The van der Waals surface area contributed by atoms with Crippen LogP contribution in [0.2, 0.25) is 0 Å². The molecule has 7 nitrogen and oxygen atoms in total. The van der Waals surface area contributed by atoms with Crippen LogP contribution in [0.3, 0.4) is 0 Å². The second-order valence-corrected chi connectivity index (χ2v) is 9.87. The van der Waals surface area contributed by atoms with Gasteiger partial charge in [-0.15, -0.1) is 0 Å². The molecule has 184 valence electrons. The van der Waals surface area contributed by atoms with Crippen LogP contribution in [-0.4, -0.2) is 21.7 Å². The molecule has 0 spiro atoms. The van der Waals surface area contributed by atoms with Crippen molar-refractivity contribution in [3.63, 3.8) is 0 Å². The molecule has 1 aliphatic heterocycles. The Balaban J connectivity index is 1.88. The highest BCUT2D eigenvalue weighted by molar-refractivity contribution is 6.51. The number of aryl methyl sites for hydroxylation is 1. The number of non-ortho nitro benzene ring substituents is 1. The highest BCUT2D eigenvalue weighted by atomic mass is 16.6. The molecule has 3 aromatic rings. The quantitative estimate of drug-likeness (QED) is 0.155. The van der Waals surface area contributed by atoms with Gasteiger partial charge < -0.3 is 5.11 Å². The van der Waals surface area contributed by atoms with Gasteiger partial charge in [0.1, 0.15) is 5.76 Å². The van der Waals surface area contributed by atoms with Gasteiger partial charge in [-0.3, -0.25) is 24.6 Å². The number of hydrogen-bond acceptors (Lipinski definition) is 5. The molecule has 3 aromatic carbocycles. The fourth-order valence-electron chi connectivity index (χ4n) is 4.37. The Morgan fingerprint density at radius 2 is 1.53 bits per heavy atom. The summed E-state index contributed by atoms with van der Waals surface area (Å²) in [5.74, 6) is -1.93. The van der Waals surface area contributed by atoms with Crippen LogP contribution in [0.4, 0.5) is 11.4 Å². The van der Waals surface area contributed by atoms with Crippen LogP contribution in [0.5, 0.6) is 0 Å². The van der Waals surface area contributed by atoms with E-state index in [9.17, 15) is 24.8 Å². The fraction of sp³-hybridized carbons (Fsp3) is 0.241. The van der Waals surface area contributed by atoms with Crippen molar-refractivity contribution in [2.45, 2.75) is 45.6 Å². The molecule has 1 unspecified atom stereocenters. The highest BCUT2D eigenvalue weighted by Crippen LogP contribution is 2.42. The molecule has 36 heavy (non-hydrogen) atoms. The van der Waals surface area contributed by atoms with Crippen molar-refractivity contribution in [1.29, 1.82) is 0 Å². The number of ketones is 1. The van der Waals surface area contributed by atoms with Gasteiger partial charge in [-0.2, -0.15) is 0 Å². The molecule has 1 heterocycles. The lowest BCUT2D eigenvalue weighted by Gasteiger charge is -2.27. The maximum atomic E-state index is 13.3. The number of aliphatic hydroxyl groups excluding tert-OH is 1. The van der Waals surface area contributed by atoms with E-state index in [0.717, 1.165) is 17.5 Å². The minimum atomic E-state index is -0.855. The second-order valence-electron chi connectivity index (χ2n) is 9.87.